The molecule has 39 heavy (non-hydrogen) atoms. The number of fused-ring (bicyclic) bond motifs is 5. The summed E-state index contributed by atoms with van der Waals surface area (Å²) in [5.74, 6) is 0. The van der Waals surface area contributed by atoms with Crippen molar-refractivity contribution in [3.05, 3.63) is 163 Å². The quantitative estimate of drug-likeness (QED) is 0.184. The van der Waals surface area contributed by atoms with Crippen LogP contribution in [0.15, 0.2) is 152 Å². The molecule has 1 heterocycles. The van der Waals surface area contributed by atoms with Crippen molar-refractivity contribution in [3.8, 4) is 11.1 Å². The fourth-order valence-electron chi connectivity index (χ4n) is 5.31. The Morgan fingerprint density at radius 3 is 2.33 bits per heavy atom. The molecule has 6 aromatic rings. The maximum absolute atomic E-state index is 3.81. The summed E-state index contributed by atoms with van der Waals surface area (Å²) < 4.78 is 2.67. The molecule has 0 atom stereocenters. The van der Waals surface area contributed by atoms with Crippen molar-refractivity contribution in [2.24, 2.45) is 0 Å². The summed E-state index contributed by atoms with van der Waals surface area (Å²) in [5, 5.41) is 5.31. The molecule has 0 radical (unpaired) electrons. The highest BCUT2D eigenvalue weighted by molar-refractivity contribution is 7.26. The Balaban J connectivity index is 1.46. The largest absolute Gasteiger partial charge is 0.135 e. The SMILES string of the molecule is C=C/C=C\C(=C/C)C/C=C(\c1ccccc1)c1cccc(-c2ccc3sc4ccc5ccccc5c4c3c2)c1. The molecule has 1 heteroatoms. The van der Waals surface area contributed by atoms with Gasteiger partial charge in [0.05, 0.1) is 0 Å². The van der Waals surface area contributed by atoms with E-state index in [0.717, 1.165) is 6.42 Å². The third-order valence-corrected chi connectivity index (χ3v) is 8.45. The number of hydrogen-bond acceptors (Lipinski definition) is 1. The molecule has 188 valence electrons. The van der Waals surface area contributed by atoms with Crippen molar-refractivity contribution in [2.75, 3.05) is 0 Å². The first-order chi connectivity index (χ1) is 19.2. The molecule has 0 aliphatic rings. The second-order valence-electron chi connectivity index (χ2n) is 9.70. The van der Waals surface area contributed by atoms with Crippen LogP contribution in [0.4, 0.5) is 0 Å². The molecule has 0 unspecified atom stereocenters. The average molecular weight is 519 g/mol. The van der Waals surface area contributed by atoms with E-state index in [1.807, 2.05) is 23.5 Å². The van der Waals surface area contributed by atoms with Gasteiger partial charge in [0.15, 0.2) is 0 Å². The standard InChI is InChI=1S/C38H30S/c1-3-5-12-27(4-2)19-22-33(28-13-7-6-8-14-28)32-17-11-16-30(25-32)31-21-23-36-35(26-31)38-34-18-10-9-15-29(34)20-24-37(38)39-36/h3-18,20-26H,1,19H2,2H3/b12-5-,27-4+,33-22+. The fourth-order valence-corrected chi connectivity index (χ4v) is 6.41. The van der Waals surface area contributed by atoms with E-state index in [0.29, 0.717) is 0 Å². The highest BCUT2D eigenvalue weighted by Gasteiger charge is 2.12. The average Bonchev–Trinajstić information content (AvgIpc) is 3.38. The van der Waals surface area contributed by atoms with Crippen LogP contribution < -0.4 is 0 Å². The van der Waals surface area contributed by atoms with E-state index in [1.165, 1.54) is 64.3 Å². The molecule has 0 amide bonds. The Labute approximate surface area is 234 Å². The Kier molecular flexibility index (Phi) is 7.08. The molecule has 0 spiro atoms. The zero-order valence-electron chi connectivity index (χ0n) is 22.1. The predicted octanol–water partition coefficient (Wildman–Crippen LogP) is 11.4. The minimum absolute atomic E-state index is 0.856. The van der Waals surface area contributed by atoms with E-state index in [4.69, 9.17) is 0 Å². The van der Waals surface area contributed by atoms with Crippen LogP contribution in [-0.4, -0.2) is 0 Å². The molecule has 1 aromatic heterocycles. The summed E-state index contributed by atoms with van der Waals surface area (Å²) in [6.45, 7) is 5.90. The Hall–Kier alpha value is -4.46. The van der Waals surface area contributed by atoms with Gasteiger partial charge in [-0.1, -0.05) is 122 Å². The molecule has 0 aliphatic heterocycles. The molecule has 0 saturated heterocycles. The van der Waals surface area contributed by atoms with Crippen molar-refractivity contribution in [1.29, 1.82) is 0 Å². The molecule has 6 rings (SSSR count). The van der Waals surface area contributed by atoms with Crippen molar-refractivity contribution < 1.29 is 0 Å². The second kappa shape index (κ2) is 11.1. The zero-order chi connectivity index (χ0) is 26.6. The topological polar surface area (TPSA) is 0 Å². The van der Waals surface area contributed by atoms with Gasteiger partial charge in [0.1, 0.15) is 0 Å². The Bertz CT molecular complexity index is 1890. The molecule has 0 fully saturated rings. The van der Waals surface area contributed by atoms with Gasteiger partial charge in [-0.25, -0.2) is 0 Å². The lowest BCUT2D eigenvalue weighted by atomic mass is 9.92. The molecular weight excluding hydrogens is 488 g/mol. The van der Waals surface area contributed by atoms with E-state index in [-0.39, 0.29) is 0 Å². The van der Waals surface area contributed by atoms with Crippen molar-refractivity contribution >= 4 is 47.9 Å². The van der Waals surface area contributed by atoms with E-state index >= 15 is 0 Å². The summed E-state index contributed by atoms with van der Waals surface area (Å²) >= 11 is 1.88. The summed E-state index contributed by atoms with van der Waals surface area (Å²) in [5.41, 5.74) is 7.44. The van der Waals surface area contributed by atoms with Gasteiger partial charge in [0.2, 0.25) is 0 Å². The number of benzene rings is 5. The molecule has 0 nitrogen and oxygen atoms in total. The van der Waals surface area contributed by atoms with Crippen LogP contribution in [-0.2, 0) is 0 Å². The first kappa shape index (κ1) is 24.9. The van der Waals surface area contributed by atoms with E-state index in [9.17, 15) is 0 Å². The normalized spacial score (nSPS) is 12.6. The van der Waals surface area contributed by atoms with Crippen molar-refractivity contribution in [1.82, 2.24) is 0 Å². The van der Waals surface area contributed by atoms with Crippen LogP contribution in [0.3, 0.4) is 0 Å². The van der Waals surface area contributed by atoms with Gasteiger partial charge in [-0.15, -0.1) is 11.3 Å². The molecule has 5 aromatic carbocycles. The van der Waals surface area contributed by atoms with E-state index in [1.54, 1.807) is 0 Å². The van der Waals surface area contributed by atoms with Crippen LogP contribution >= 0.6 is 11.3 Å². The number of hydrogen-bond donors (Lipinski definition) is 0. The molecule has 0 saturated carbocycles. The number of thiophene rings is 1. The van der Waals surface area contributed by atoms with Crippen LogP contribution in [0, 0.1) is 0 Å². The van der Waals surface area contributed by atoms with Gasteiger partial charge in [0.25, 0.3) is 0 Å². The minimum Gasteiger partial charge on any atom is -0.135 e. The van der Waals surface area contributed by atoms with Crippen LogP contribution in [0.25, 0.3) is 47.6 Å². The van der Waals surface area contributed by atoms with Gasteiger partial charge in [-0.2, -0.15) is 0 Å². The monoisotopic (exact) mass is 518 g/mol. The first-order valence-corrected chi connectivity index (χ1v) is 14.2. The van der Waals surface area contributed by atoms with Gasteiger partial charge < -0.3 is 0 Å². The summed E-state index contributed by atoms with van der Waals surface area (Å²) in [6.07, 6.45) is 11.3. The van der Waals surface area contributed by atoms with Crippen LogP contribution in [0.1, 0.15) is 24.5 Å². The minimum atomic E-state index is 0.856. The molecule has 0 aliphatic carbocycles. The van der Waals surface area contributed by atoms with Crippen molar-refractivity contribution in [3.63, 3.8) is 0 Å². The van der Waals surface area contributed by atoms with Crippen LogP contribution in [0.5, 0.6) is 0 Å². The highest BCUT2D eigenvalue weighted by Crippen LogP contribution is 2.40. The molecule has 0 bridgehead atoms. The Morgan fingerprint density at radius 2 is 1.49 bits per heavy atom. The number of allylic oxidation sites excluding steroid dienone is 6. The molecule has 0 N–H and O–H groups in total. The van der Waals surface area contributed by atoms with Crippen molar-refractivity contribution in [2.45, 2.75) is 13.3 Å². The lowest BCUT2D eigenvalue weighted by Gasteiger charge is -2.12. The maximum atomic E-state index is 3.81. The molecular formula is C38H30S. The Morgan fingerprint density at radius 1 is 0.718 bits per heavy atom. The fraction of sp³-hybridized carbons (Fsp3) is 0.0526. The lowest BCUT2D eigenvalue weighted by Crippen LogP contribution is -1.90. The lowest BCUT2D eigenvalue weighted by molar-refractivity contribution is 1.27. The first-order valence-electron chi connectivity index (χ1n) is 13.4. The third kappa shape index (κ3) is 5.02. The predicted molar refractivity (Wildman–Crippen MR) is 174 cm³/mol. The third-order valence-electron chi connectivity index (χ3n) is 7.31. The zero-order valence-corrected chi connectivity index (χ0v) is 22.9. The smallest absolute Gasteiger partial charge is 0.0361 e. The van der Waals surface area contributed by atoms with Crippen LogP contribution in [0.2, 0.25) is 0 Å². The second-order valence-corrected chi connectivity index (χ2v) is 10.8. The number of rotatable bonds is 7. The van der Waals surface area contributed by atoms with Gasteiger partial charge in [0, 0.05) is 20.2 Å². The summed E-state index contributed by atoms with van der Waals surface area (Å²) in [4.78, 5) is 0. The van der Waals surface area contributed by atoms with E-state index in [2.05, 4.69) is 141 Å². The van der Waals surface area contributed by atoms with E-state index < -0.39 is 0 Å². The van der Waals surface area contributed by atoms with Gasteiger partial charge in [-0.05, 0) is 81.8 Å². The summed E-state index contributed by atoms with van der Waals surface area (Å²) in [7, 11) is 0. The summed E-state index contributed by atoms with van der Waals surface area (Å²) in [6, 6.07) is 39.8. The highest BCUT2D eigenvalue weighted by atomic mass is 32.1. The van der Waals surface area contributed by atoms with Gasteiger partial charge >= 0.3 is 0 Å². The maximum Gasteiger partial charge on any atom is 0.0361 e. The van der Waals surface area contributed by atoms with Gasteiger partial charge in [-0.3, -0.25) is 0 Å².